The molecule has 0 aliphatic carbocycles. The number of amides is 1. The van der Waals surface area contributed by atoms with Gasteiger partial charge in [-0.2, -0.15) is 5.10 Å². The summed E-state index contributed by atoms with van der Waals surface area (Å²) in [4.78, 5) is 29.8. The Labute approximate surface area is 183 Å². The van der Waals surface area contributed by atoms with Gasteiger partial charge in [-0.25, -0.2) is 22.9 Å². The molecule has 9 nitrogen and oxygen atoms in total. The Bertz CT molecular complexity index is 1220. The lowest BCUT2D eigenvalue weighted by Gasteiger charge is -2.13. The van der Waals surface area contributed by atoms with Crippen molar-refractivity contribution in [2.75, 3.05) is 17.7 Å². The second-order valence-corrected chi connectivity index (χ2v) is 10.3. The third kappa shape index (κ3) is 4.67. The van der Waals surface area contributed by atoms with Gasteiger partial charge in [0.05, 0.1) is 30.2 Å². The summed E-state index contributed by atoms with van der Waals surface area (Å²) >= 11 is 1.12. The van der Waals surface area contributed by atoms with Crippen molar-refractivity contribution >= 4 is 38.1 Å². The molecule has 0 atom stereocenters. The SMILES string of the molecule is CCOC(=O)c1c(NC(=O)c2ccc(Cn3cncn3)cc2)sc2c1CCS(=O)(=O)C2. The number of fused-ring (bicyclic) bond motifs is 1. The number of hydrogen-bond donors (Lipinski definition) is 1. The van der Waals surface area contributed by atoms with Crippen LogP contribution in [-0.2, 0) is 33.3 Å². The molecule has 11 heteroatoms. The monoisotopic (exact) mass is 460 g/mol. The molecule has 1 amide bonds. The lowest BCUT2D eigenvalue weighted by molar-refractivity contribution is 0.0527. The van der Waals surface area contributed by atoms with Gasteiger partial charge in [-0.15, -0.1) is 11.3 Å². The third-order valence-corrected chi connectivity index (χ3v) is 7.72. The Morgan fingerprint density at radius 3 is 2.71 bits per heavy atom. The molecule has 0 saturated heterocycles. The summed E-state index contributed by atoms with van der Waals surface area (Å²) in [6, 6.07) is 7.00. The first-order valence-electron chi connectivity index (χ1n) is 9.61. The van der Waals surface area contributed by atoms with E-state index in [2.05, 4.69) is 15.4 Å². The van der Waals surface area contributed by atoms with Crippen molar-refractivity contribution in [3.8, 4) is 0 Å². The molecule has 0 saturated carbocycles. The van der Waals surface area contributed by atoms with Crippen LogP contribution in [0.2, 0.25) is 0 Å². The van der Waals surface area contributed by atoms with Crippen LogP contribution < -0.4 is 5.32 Å². The Morgan fingerprint density at radius 2 is 2.03 bits per heavy atom. The average molecular weight is 461 g/mol. The van der Waals surface area contributed by atoms with Gasteiger partial charge in [-0.3, -0.25) is 4.79 Å². The second kappa shape index (κ2) is 8.60. The van der Waals surface area contributed by atoms with Crippen LogP contribution in [0, 0.1) is 0 Å². The summed E-state index contributed by atoms with van der Waals surface area (Å²) in [5, 5.41) is 7.14. The van der Waals surface area contributed by atoms with Gasteiger partial charge in [-0.1, -0.05) is 12.1 Å². The molecular weight excluding hydrogens is 440 g/mol. The largest absolute Gasteiger partial charge is 0.462 e. The lowest BCUT2D eigenvalue weighted by Crippen LogP contribution is -2.20. The number of ether oxygens (including phenoxy) is 1. The highest BCUT2D eigenvalue weighted by atomic mass is 32.2. The van der Waals surface area contributed by atoms with E-state index in [1.165, 1.54) is 6.33 Å². The van der Waals surface area contributed by atoms with Crippen molar-refractivity contribution < 1.29 is 22.7 Å². The maximum absolute atomic E-state index is 12.8. The number of nitrogens with one attached hydrogen (secondary N) is 1. The van der Waals surface area contributed by atoms with Crippen molar-refractivity contribution in [1.29, 1.82) is 0 Å². The topological polar surface area (TPSA) is 120 Å². The Balaban J connectivity index is 1.57. The van der Waals surface area contributed by atoms with E-state index in [1.807, 2.05) is 12.1 Å². The molecule has 3 aromatic rings. The molecule has 0 radical (unpaired) electrons. The Morgan fingerprint density at radius 1 is 1.26 bits per heavy atom. The predicted molar refractivity (Wildman–Crippen MR) is 115 cm³/mol. The van der Waals surface area contributed by atoms with Crippen molar-refractivity contribution in [1.82, 2.24) is 14.8 Å². The Hall–Kier alpha value is -3.05. The molecule has 162 valence electrons. The number of rotatable bonds is 6. The average Bonchev–Trinajstić information content (AvgIpc) is 3.35. The van der Waals surface area contributed by atoms with E-state index < -0.39 is 15.8 Å². The van der Waals surface area contributed by atoms with Crippen LogP contribution in [0.15, 0.2) is 36.9 Å². The highest BCUT2D eigenvalue weighted by molar-refractivity contribution is 7.90. The van der Waals surface area contributed by atoms with E-state index in [1.54, 1.807) is 30.1 Å². The van der Waals surface area contributed by atoms with E-state index in [0.29, 0.717) is 27.5 Å². The minimum atomic E-state index is -3.21. The van der Waals surface area contributed by atoms with Crippen LogP contribution in [0.1, 0.15) is 43.6 Å². The number of nitrogens with zero attached hydrogens (tertiary/aromatic N) is 3. The fraction of sp³-hybridized carbons (Fsp3) is 0.300. The van der Waals surface area contributed by atoms with Gasteiger partial charge in [0, 0.05) is 10.4 Å². The van der Waals surface area contributed by atoms with Crippen molar-refractivity contribution in [3.05, 3.63) is 64.1 Å². The smallest absolute Gasteiger partial charge is 0.341 e. The van der Waals surface area contributed by atoms with Crippen molar-refractivity contribution in [2.45, 2.75) is 25.6 Å². The first-order chi connectivity index (χ1) is 14.9. The van der Waals surface area contributed by atoms with E-state index in [-0.39, 0.29) is 36.0 Å². The van der Waals surface area contributed by atoms with Gasteiger partial charge in [-0.05, 0) is 36.6 Å². The molecule has 31 heavy (non-hydrogen) atoms. The summed E-state index contributed by atoms with van der Waals surface area (Å²) in [6.07, 6.45) is 3.29. The first kappa shape index (κ1) is 21.2. The van der Waals surface area contributed by atoms with Crippen molar-refractivity contribution in [3.63, 3.8) is 0 Å². The number of esters is 1. The third-order valence-electron chi connectivity index (χ3n) is 4.84. The fourth-order valence-electron chi connectivity index (χ4n) is 3.37. The quantitative estimate of drug-likeness (QED) is 0.560. The first-order valence-corrected chi connectivity index (χ1v) is 12.2. The van der Waals surface area contributed by atoms with E-state index in [9.17, 15) is 18.0 Å². The van der Waals surface area contributed by atoms with Gasteiger partial charge in [0.2, 0.25) is 0 Å². The molecule has 0 bridgehead atoms. The summed E-state index contributed by atoms with van der Waals surface area (Å²) in [6.45, 7) is 2.41. The van der Waals surface area contributed by atoms with E-state index in [4.69, 9.17) is 4.74 Å². The molecule has 0 unspecified atom stereocenters. The van der Waals surface area contributed by atoms with Gasteiger partial charge in [0.15, 0.2) is 9.84 Å². The number of benzene rings is 1. The zero-order valence-electron chi connectivity index (χ0n) is 16.7. The molecule has 1 aliphatic heterocycles. The van der Waals surface area contributed by atoms with Crippen molar-refractivity contribution in [2.24, 2.45) is 0 Å². The highest BCUT2D eigenvalue weighted by Crippen LogP contribution is 2.38. The molecular formula is C20H20N4O5S2. The van der Waals surface area contributed by atoms with E-state index >= 15 is 0 Å². The number of sulfone groups is 1. The number of anilines is 1. The van der Waals surface area contributed by atoms with Gasteiger partial charge < -0.3 is 10.1 Å². The van der Waals surface area contributed by atoms with Gasteiger partial charge in [0.1, 0.15) is 17.7 Å². The van der Waals surface area contributed by atoms with Crippen LogP contribution in [0.25, 0.3) is 0 Å². The van der Waals surface area contributed by atoms with Crippen LogP contribution in [0.5, 0.6) is 0 Å². The molecule has 1 aromatic carbocycles. The molecule has 3 heterocycles. The van der Waals surface area contributed by atoms with Gasteiger partial charge >= 0.3 is 5.97 Å². The lowest BCUT2D eigenvalue weighted by atomic mass is 10.1. The minimum absolute atomic E-state index is 0.0240. The molecule has 0 fully saturated rings. The molecule has 4 rings (SSSR count). The zero-order valence-corrected chi connectivity index (χ0v) is 18.3. The molecule has 2 aromatic heterocycles. The summed E-state index contributed by atoms with van der Waals surface area (Å²) in [7, 11) is -3.21. The predicted octanol–water partition coefficient (Wildman–Crippen LogP) is 2.29. The van der Waals surface area contributed by atoms with Crippen LogP contribution in [-0.4, -0.2) is 47.4 Å². The molecule has 0 spiro atoms. The summed E-state index contributed by atoms with van der Waals surface area (Å²) < 4.78 is 30.8. The number of carbonyl (C=O) groups is 2. The molecule has 1 aliphatic rings. The summed E-state index contributed by atoms with van der Waals surface area (Å²) in [5.41, 5.74) is 2.27. The van der Waals surface area contributed by atoms with Crippen LogP contribution in [0.3, 0.4) is 0 Å². The summed E-state index contributed by atoms with van der Waals surface area (Å²) in [5.74, 6) is -1.10. The highest BCUT2D eigenvalue weighted by Gasteiger charge is 2.32. The van der Waals surface area contributed by atoms with Gasteiger partial charge in [0.25, 0.3) is 5.91 Å². The maximum atomic E-state index is 12.8. The number of aromatic nitrogens is 3. The number of thiophene rings is 1. The standard InChI is InChI=1S/C20H20N4O5S2/c1-2-29-20(26)17-15-7-8-31(27,28)10-16(15)30-19(17)23-18(25)14-5-3-13(4-6-14)9-24-12-21-11-22-24/h3-6,11-12H,2,7-10H2,1H3,(H,23,25). The number of carbonyl (C=O) groups excluding carboxylic acids is 2. The Kier molecular flexibility index (Phi) is 5.88. The normalized spacial score (nSPS) is 14.6. The number of hydrogen-bond acceptors (Lipinski definition) is 8. The maximum Gasteiger partial charge on any atom is 0.341 e. The zero-order chi connectivity index (χ0) is 22.0. The fourth-order valence-corrected chi connectivity index (χ4v) is 6.40. The second-order valence-electron chi connectivity index (χ2n) is 7.01. The minimum Gasteiger partial charge on any atom is -0.462 e. The van der Waals surface area contributed by atoms with Crippen LogP contribution in [0.4, 0.5) is 5.00 Å². The van der Waals surface area contributed by atoms with E-state index in [0.717, 1.165) is 16.9 Å². The molecule has 1 N–H and O–H groups in total. The van der Waals surface area contributed by atoms with Crippen LogP contribution >= 0.6 is 11.3 Å².